The molecule has 0 aromatic rings. The van der Waals surface area contributed by atoms with Crippen molar-refractivity contribution in [1.29, 1.82) is 0 Å². The molecule has 0 heterocycles. The molecule has 466 valence electrons. The molecule has 0 radical (unpaired) electrons. The van der Waals surface area contributed by atoms with Crippen molar-refractivity contribution >= 4 is 25.7 Å². The van der Waals surface area contributed by atoms with Crippen molar-refractivity contribution in [3.8, 4) is 0 Å². The molecule has 0 aliphatic carbocycles. The average molecular weight is 1150 g/mol. The molecule has 3 unspecified atom stereocenters. The molecule has 0 saturated heterocycles. The molecular weight excluding hydrogens is 1020 g/mol. The van der Waals surface area contributed by atoms with Gasteiger partial charge in [0.05, 0.1) is 19.8 Å². The molecule has 0 fully saturated rings. The van der Waals surface area contributed by atoms with Crippen LogP contribution in [0.2, 0.25) is 0 Å². The Labute approximate surface area is 491 Å². The summed E-state index contributed by atoms with van der Waals surface area (Å²) in [6.45, 7) is 4.57. The molecule has 0 bridgehead atoms. The standard InChI is InChI=1S/C68H123O11P/c1-4-7-10-13-16-19-22-25-28-31-32-35-36-39-42-45-48-51-54-57-66(70)75-61-65(79-68(72)59-56-53-50-47-44-41-38-34-30-27-24-21-18-15-12-9-6-3)63-77-80(73,74)76-62-64(60-69)78-67(71)58-55-52-49-46-43-40-37-33-29-26-23-20-17-14-11-8-5-2/h7,10,16,19,25,27-28,30,32,35,64-65,69H,4-6,8-9,11-15,17-18,20-24,26,29,31,33-34,36-63H2,1-3H3,(H,73,74)/b10-7-,19-16-,28-25-,30-27-,35-32-. The van der Waals surface area contributed by atoms with Crippen LogP contribution in [0.3, 0.4) is 0 Å². The molecule has 0 aliphatic rings. The van der Waals surface area contributed by atoms with Gasteiger partial charge in [-0.1, -0.05) is 274 Å². The van der Waals surface area contributed by atoms with E-state index in [9.17, 15) is 28.9 Å². The molecule has 80 heavy (non-hydrogen) atoms. The zero-order valence-electron chi connectivity index (χ0n) is 51.8. The van der Waals surface area contributed by atoms with Crippen molar-refractivity contribution in [2.24, 2.45) is 0 Å². The minimum absolute atomic E-state index is 0.160. The number of phosphoric acid groups is 1. The van der Waals surface area contributed by atoms with Gasteiger partial charge in [-0.2, -0.15) is 0 Å². The van der Waals surface area contributed by atoms with Crippen LogP contribution >= 0.6 is 7.82 Å². The highest BCUT2D eigenvalue weighted by Crippen LogP contribution is 2.43. The molecule has 0 amide bonds. The first-order valence-electron chi connectivity index (χ1n) is 33.2. The highest BCUT2D eigenvalue weighted by atomic mass is 31.2. The monoisotopic (exact) mass is 1150 g/mol. The van der Waals surface area contributed by atoms with E-state index in [4.69, 9.17) is 23.3 Å². The fourth-order valence-electron chi connectivity index (χ4n) is 9.40. The fourth-order valence-corrected chi connectivity index (χ4v) is 10.2. The summed E-state index contributed by atoms with van der Waals surface area (Å²) in [5.74, 6) is -1.47. The fraction of sp³-hybridized carbons (Fsp3) is 0.809. The maximum atomic E-state index is 13.0. The van der Waals surface area contributed by atoms with Gasteiger partial charge in [-0.3, -0.25) is 23.4 Å². The Hall–Kier alpha value is -2.82. The number of hydrogen-bond donors (Lipinski definition) is 2. The third-order valence-electron chi connectivity index (χ3n) is 14.4. The lowest BCUT2D eigenvalue weighted by Crippen LogP contribution is -2.30. The number of aliphatic hydroxyl groups is 1. The normalized spacial score (nSPS) is 13.6. The summed E-state index contributed by atoms with van der Waals surface area (Å²) in [4.78, 5) is 48.8. The minimum Gasteiger partial charge on any atom is -0.462 e. The van der Waals surface area contributed by atoms with Gasteiger partial charge in [-0.05, 0) is 83.5 Å². The van der Waals surface area contributed by atoms with Gasteiger partial charge in [0, 0.05) is 19.3 Å². The van der Waals surface area contributed by atoms with E-state index in [1.54, 1.807) is 0 Å². The molecule has 0 saturated carbocycles. The third kappa shape index (κ3) is 59.8. The van der Waals surface area contributed by atoms with Gasteiger partial charge in [-0.25, -0.2) is 4.57 Å². The van der Waals surface area contributed by atoms with Crippen molar-refractivity contribution in [3.05, 3.63) is 60.8 Å². The zero-order chi connectivity index (χ0) is 58.3. The summed E-state index contributed by atoms with van der Waals surface area (Å²) in [5, 5.41) is 9.86. The van der Waals surface area contributed by atoms with Crippen LogP contribution in [0.25, 0.3) is 0 Å². The number of rotatable bonds is 62. The highest BCUT2D eigenvalue weighted by Gasteiger charge is 2.28. The summed E-state index contributed by atoms with van der Waals surface area (Å²) in [5.41, 5.74) is 0. The molecule has 12 heteroatoms. The predicted octanol–water partition coefficient (Wildman–Crippen LogP) is 20.3. The van der Waals surface area contributed by atoms with E-state index < -0.39 is 57.8 Å². The lowest BCUT2D eigenvalue weighted by molar-refractivity contribution is -0.161. The number of unbranched alkanes of at least 4 members (excludes halogenated alkanes) is 35. The van der Waals surface area contributed by atoms with E-state index >= 15 is 0 Å². The molecule has 0 aromatic heterocycles. The first kappa shape index (κ1) is 77.2. The number of carbonyl (C=O) groups excluding carboxylic acids is 3. The third-order valence-corrected chi connectivity index (χ3v) is 15.4. The summed E-state index contributed by atoms with van der Waals surface area (Å²) in [7, 11) is -4.76. The molecule has 0 aliphatic heterocycles. The van der Waals surface area contributed by atoms with Crippen molar-refractivity contribution in [2.45, 2.75) is 328 Å². The van der Waals surface area contributed by atoms with Gasteiger partial charge < -0.3 is 24.2 Å². The number of ether oxygens (including phenoxy) is 3. The quantitative estimate of drug-likeness (QED) is 0.0197. The maximum absolute atomic E-state index is 13.0. The second-order valence-electron chi connectivity index (χ2n) is 22.3. The van der Waals surface area contributed by atoms with E-state index in [0.29, 0.717) is 19.3 Å². The van der Waals surface area contributed by atoms with Crippen LogP contribution in [-0.4, -0.2) is 66.5 Å². The van der Waals surface area contributed by atoms with Gasteiger partial charge in [0.2, 0.25) is 0 Å². The molecular formula is C68H123O11P. The summed E-state index contributed by atoms with van der Waals surface area (Å²) in [6, 6.07) is 0. The Balaban J connectivity index is 4.69. The molecule has 11 nitrogen and oxygen atoms in total. The van der Waals surface area contributed by atoms with Crippen LogP contribution in [0.5, 0.6) is 0 Å². The van der Waals surface area contributed by atoms with Gasteiger partial charge in [0.15, 0.2) is 6.10 Å². The summed E-state index contributed by atoms with van der Waals surface area (Å²) in [6.07, 6.45) is 70.2. The number of hydrogen-bond acceptors (Lipinski definition) is 10. The summed E-state index contributed by atoms with van der Waals surface area (Å²) >= 11 is 0. The van der Waals surface area contributed by atoms with Crippen LogP contribution in [0.1, 0.15) is 316 Å². The van der Waals surface area contributed by atoms with Gasteiger partial charge in [0.25, 0.3) is 0 Å². The first-order chi connectivity index (χ1) is 39.2. The van der Waals surface area contributed by atoms with Crippen molar-refractivity contribution < 1.29 is 52.2 Å². The smallest absolute Gasteiger partial charge is 0.462 e. The lowest BCUT2D eigenvalue weighted by atomic mass is 10.0. The predicted molar refractivity (Wildman–Crippen MR) is 335 cm³/mol. The Kier molecular flexibility index (Phi) is 60.0. The van der Waals surface area contributed by atoms with E-state index in [-0.39, 0.29) is 25.9 Å². The number of esters is 3. The zero-order valence-corrected chi connectivity index (χ0v) is 52.7. The van der Waals surface area contributed by atoms with E-state index in [2.05, 4.69) is 81.5 Å². The Morgan fingerprint density at radius 2 is 0.650 bits per heavy atom. The van der Waals surface area contributed by atoms with E-state index in [1.807, 2.05) is 0 Å². The van der Waals surface area contributed by atoms with Crippen molar-refractivity contribution in [2.75, 3.05) is 26.4 Å². The molecule has 2 N–H and O–H groups in total. The van der Waals surface area contributed by atoms with Crippen LogP contribution < -0.4 is 0 Å². The van der Waals surface area contributed by atoms with E-state index in [1.165, 1.54) is 141 Å². The summed E-state index contributed by atoms with van der Waals surface area (Å²) < 4.78 is 39.7. The number of aliphatic hydroxyl groups excluding tert-OH is 1. The van der Waals surface area contributed by atoms with Crippen molar-refractivity contribution in [3.63, 3.8) is 0 Å². The Bertz CT molecular complexity index is 1570. The maximum Gasteiger partial charge on any atom is 0.472 e. The Morgan fingerprint density at radius 1 is 0.362 bits per heavy atom. The first-order valence-corrected chi connectivity index (χ1v) is 34.7. The number of allylic oxidation sites excluding steroid dienone is 10. The molecule has 0 aromatic carbocycles. The topological polar surface area (TPSA) is 155 Å². The van der Waals surface area contributed by atoms with Crippen LogP contribution in [0.4, 0.5) is 0 Å². The Morgan fingerprint density at radius 3 is 1.01 bits per heavy atom. The van der Waals surface area contributed by atoms with Crippen LogP contribution in [0, 0.1) is 0 Å². The second kappa shape index (κ2) is 62.2. The largest absolute Gasteiger partial charge is 0.472 e. The van der Waals surface area contributed by atoms with Crippen LogP contribution in [-0.2, 0) is 42.2 Å². The minimum atomic E-state index is -4.76. The van der Waals surface area contributed by atoms with Gasteiger partial charge in [0.1, 0.15) is 12.7 Å². The van der Waals surface area contributed by atoms with Crippen molar-refractivity contribution in [1.82, 2.24) is 0 Å². The second-order valence-corrected chi connectivity index (χ2v) is 23.7. The number of carbonyl (C=O) groups is 3. The molecule has 3 atom stereocenters. The number of phosphoric ester groups is 1. The molecule has 0 rings (SSSR count). The average Bonchev–Trinajstić information content (AvgIpc) is 3.45. The van der Waals surface area contributed by atoms with Gasteiger partial charge >= 0.3 is 25.7 Å². The van der Waals surface area contributed by atoms with E-state index in [0.717, 1.165) is 116 Å². The SMILES string of the molecule is CC/C=C\C/C=C\C/C=C\C/C=C\CCCCCCCCC(=O)OCC(COP(=O)(O)OCC(CO)OC(=O)CCCCCCCCCCCCCCCCCCC)OC(=O)CCCCCCCCC/C=C\CCCCCCCC. The lowest BCUT2D eigenvalue weighted by Gasteiger charge is -2.21. The van der Waals surface area contributed by atoms with Crippen LogP contribution in [0.15, 0.2) is 60.8 Å². The van der Waals surface area contributed by atoms with Gasteiger partial charge in [-0.15, -0.1) is 0 Å². The highest BCUT2D eigenvalue weighted by molar-refractivity contribution is 7.47. The molecule has 0 spiro atoms.